The molecular weight excluding hydrogens is 260 g/mol. The van der Waals surface area contributed by atoms with Crippen LogP contribution >= 0.6 is 0 Å². The smallest absolute Gasteiger partial charge is 0.305 e. The summed E-state index contributed by atoms with van der Waals surface area (Å²) in [5.74, 6) is -0.0699. The maximum Gasteiger partial charge on any atom is 0.305 e. The van der Waals surface area contributed by atoms with Crippen LogP contribution in [0.2, 0.25) is 0 Å². The molecule has 0 aliphatic rings. The van der Waals surface area contributed by atoms with Crippen LogP contribution in [0.1, 0.15) is 96.8 Å². The third-order valence-electron chi connectivity index (χ3n) is 3.85. The second-order valence-corrected chi connectivity index (χ2v) is 5.91. The number of hydrogen-bond acceptors (Lipinski definition) is 2. The number of esters is 1. The lowest BCUT2D eigenvalue weighted by molar-refractivity contribution is -0.140. The summed E-state index contributed by atoms with van der Waals surface area (Å²) in [5.41, 5.74) is 0. The number of carbonyl (C=O) groups is 1. The Balaban J connectivity index is 3.04. The van der Waals surface area contributed by atoms with E-state index < -0.39 is 0 Å². The van der Waals surface area contributed by atoms with Crippen molar-refractivity contribution in [2.24, 2.45) is 0 Å². The first-order valence-corrected chi connectivity index (χ1v) is 9.03. The van der Waals surface area contributed by atoms with E-state index in [1.807, 2.05) is 0 Å². The van der Waals surface area contributed by atoms with Crippen molar-refractivity contribution in [2.75, 3.05) is 7.11 Å². The number of unbranched alkanes of at least 4 members (excludes halogenated alkanes) is 11. The van der Waals surface area contributed by atoms with Gasteiger partial charge in [0.15, 0.2) is 0 Å². The number of rotatable bonds is 15. The van der Waals surface area contributed by atoms with E-state index in [1.54, 1.807) is 0 Å². The molecule has 0 aromatic rings. The predicted molar refractivity (Wildman–Crippen MR) is 91.5 cm³/mol. The fourth-order valence-corrected chi connectivity index (χ4v) is 2.45. The van der Waals surface area contributed by atoms with Crippen molar-refractivity contribution >= 4 is 5.97 Å². The summed E-state index contributed by atoms with van der Waals surface area (Å²) in [6.07, 6.45) is 22.0. The molecule has 0 N–H and O–H groups in total. The maximum absolute atomic E-state index is 10.9. The van der Waals surface area contributed by atoms with Gasteiger partial charge in [0.1, 0.15) is 0 Å². The van der Waals surface area contributed by atoms with Crippen molar-refractivity contribution in [3.63, 3.8) is 0 Å². The molecule has 0 amide bonds. The molecule has 2 nitrogen and oxygen atoms in total. The van der Waals surface area contributed by atoms with Gasteiger partial charge in [-0.05, 0) is 25.7 Å². The van der Waals surface area contributed by atoms with Crippen LogP contribution in [0.15, 0.2) is 12.2 Å². The Labute approximate surface area is 132 Å². The van der Waals surface area contributed by atoms with Crippen LogP contribution in [0.25, 0.3) is 0 Å². The minimum absolute atomic E-state index is 0.0699. The van der Waals surface area contributed by atoms with Crippen molar-refractivity contribution in [2.45, 2.75) is 96.8 Å². The third-order valence-corrected chi connectivity index (χ3v) is 3.85. The van der Waals surface area contributed by atoms with Crippen LogP contribution in [0, 0.1) is 0 Å². The second kappa shape index (κ2) is 17.3. The molecule has 0 saturated heterocycles. The average Bonchev–Trinajstić information content (AvgIpc) is 2.50. The van der Waals surface area contributed by atoms with Gasteiger partial charge >= 0.3 is 5.97 Å². The first-order chi connectivity index (χ1) is 10.3. The minimum atomic E-state index is -0.0699. The number of methoxy groups -OCH3 is 1. The van der Waals surface area contributed by atoms with Crippen molar-refractivity contribution in [3.05, 3.63) is 12.2 Å². The zero-order chi connectivity index (χ0) is 15.6. The molecule has 0 heterocycles. The lowest BCUT2D eigenvalue weighted by Crippen LogP contribution is -1.99. The van der Waals surface area contributed by atoms with Gasteiger partial charge in [-0.25, -0.2) is 0 Å². The summed E-state index contributed by atoms with van der Waals surface area (Å²) in [4.78, 5) is 10.9. The highest BCUT2D eigenvalue weighted by Crippen LogP contribution is 2.12. The zero-order valence-corrected chi connectivity index (χ0v) is 14.4. The molecule has 2 heteroatoms. The first kappa shape index (κ1) is 20.2. The number of carbonyl (C=O) groups excluding carboxylic acids is 1. The van der Waals surface area contributed by atoms with Crippen LogP contribution in [-0.2, 0) is 9.53 Å². The monoisotopic (exact) mass is 296 g/mol. The molecule has 0 unspecified atom stereocenters. The Morgan fingerprint density at radius 2 is 1.24 bits per heavy atom. The van der Waals surface area contributed by atoms with E-state index in [4.69, 9.17) is 0 Å². The Morgan fingerprint density at radius 1 is 0.762 bits per heavy atom. The van der Waals surface area contributed by atoms with Gasteiger partial charge in [0.2, 0.25) is 0 Å². The normalized spacial score (nSPS) is 11.1. The minimum Gasteiger partial charge on any atom is -0.469 e. The van der Waals surface area contributed by atoms with Gasteiger partial charge in [-0.15, -0.1) is 0 Å². The maximum atomic E-state index is 10.9. The Hall–Kier alpha value is -0.790. The molecular formula is C19H36O2. The van der Waals surface area contributed by atoms with Crippen molar-refractivity contribution < 1.29 is 9.53 Å². The molecule has 0 aliphatic heterocycles. The van der Waals surface area contributed by atoms with E-state index in [-0.39, 0.29) is 5.97 Å². The highest BCUT2D eigenvalue weighted by atomic mass is 16.5. The van der Waals surface area contributed by atoms with E-state index in [0.717, 1.165) is 6.42 Å². The predicted octanol–water partition coefficient (Wildman–Crippen LogP) is 6.20. The van der Waals surface area contributed by atoms with Crippen molar-refractivity contribution in [1.82, 2.24) is 0 Å². The lowest BCUT2D eigenvalue weighted by Gasteiger charge is -2.02. The molecule has 0 radical (unpaired) electrons. The standard InChI is InChI=1S/C19H36O2/c1-3-4-5-6-7-8-9-10-11-12-13-14-15-16-17-18-19(20)21-2/h5-6H,3-4,7-18H2,1-2H3. The highest BCUT2D eigenvalue weighted by Gasteiger charge is 1.99. The summed E-state index contributed by atoms with van der Waals surface area (Å²) in [7, 11) is 1.46. The molecule has 0 spiro atoms. The van der Waals surface area contributed by atoms with Gasteiger partial charge in [-0.1, -0.05) is 76.9 Å². The molecule has 0 rings (SSSR count). The fraction of sp³-hybridized carbons (Fsp3) is 0.842. The Kier molecular flexibility index (Phi) is 16.6. The van der Waals surface area contributed by atoms with Crippen molar-refractivity contribution in [1.29, 1.82) is 0 Å². The molecule has 0 aromatic heterocycles. The third kappa shape index (κ3) is 17.2. The van der Waals surface area contributed by atoms with Gasteiger partial charge < -0.3 is 4.74 Å². The van der Waals surface area contributed by atoms with Crippen molar-refractivity contribution in [3.8, 4) is 0 Å². The van der Waals surface area contributed by atoms with E-state index >= 15 is 0 Å². The molecule has 0 aromatic carbocycles. The van der Waals surface area contributed by atoms with Crippen LogP contribution in [0.4, 0.5) is 0 Å². The molecule has 0 bridgehead atoms. The van der Waals surface area contributed by atoms with Gasteiger partial charge in [-0.2, -0.15) is 0 Å². The number of ether oxygens (including phenoxy) is 1. The van der Waals surface area contributed by atoms with Crippen LogP contribution in [0.3, 0.4) is 0 Å². The Bertz CT molecular complexity index is 246. The summed E-state index contributed by atoms with van der Waals surface area (Å²) >= 11 is 0. The molecule has 0 aliphatic carbocycles. The largest absolute Gasteiger partial charge is 0.469 e. The highest BCUT2D eigenvalue weighted by molar-refractivity contribution is 5.68. The van der Waals surface area contributed by atoms with E-state index in [2.05, 4.69) is 23.8 Å². The average molecular weight is 296 g/mol. The molecule has 0 atom stereocenters. The van der Waals surface area contributed by atoms with E-state index in [0.29, 0.717) is 6.42 Å². The SMILES string of the molecule is CCCC=CCCCCCCCCCCCCC(=O)OC. The fourth-order valence-electron chi connectivity index (χ4n) is 2.45. The topological polar surface area (TPSA) is 26.3 Å². The van der Waals surface area contributed by atoms with Crippen LogP contribution in [0.5, 0.6) is 0 Å². The zero-order valence-electron chi connectivity index (χ0n) is 14.4. The van der Waals surface area contributed by atoms with Crippen LogP contribution < -0.4 is 0 Å². The number of hydrogen-bond donors (Lipinski definition) is 0. The van der Waals surface area contributed by atoms with Gasteiger partial charge in [-0.3, -0.25) is 4.79 Å². The number of allylic oxidation sites excluding steroid dienone is 2. The van der Waals surface area contributed by atoms with Gasteiger partial charge in [0.05, 0.1) is 7.11 Å². The molecule has 21 heavy (non-hydrogen) atoms. The molecule has 0 saturated carbocycles. The van der Waals surface area contributed by atoms with E-state index in [1.165, 1.54) is 84.2 Å². The lowest BCUT2D eigenvalue weighted by atomic mass is 10.1. The quantitative estimate of drug-likeness (QED) is 0.204. The van der Waals surface area contributed by atoms with Gasteiger partial charge in [0, 0.05) is 6.42 Å². The second-order valence-electron chi connectivity index (χ2n) is 5.91. The summed E-state index contributed by atoms with van der Waals surface area (Å²) < 4.78 is 4.63. The van der Waals surface area contributed by atoms with Crippen LogP contribution in [-0.4, -0.2) is 13.1 Å². The van der Waals surface area contributed by atoms with Gasteiger partial charge in [0.25, 0.3) is 0 Å². The Morgan fingerprint density at radius 3 is 1.76 bits per heavy atom. The summed E-state index contributed by atoms with van der Waals surface area (Å²) in [6.45, 7) is 2.23. The molecule has 0 fully saturated rings. The van der Waals surface area contributed by atoms with E-state index in [9.17, 15) is 4.79 Å². The summed E-state index contributed by atoms with van der Waals surface area (Å²) in [6, 6.07) is 0. The first-order valence-electron chi connectivity index (χ1n) is 9.03. The summed E-state index contributed by atoms with van der Waals surface area (Å²) in [5, 5.41) is 0. The molecule has 124 valence electrons.